The first-order valence-corrected chi connectivity index (χ1v) is 6.98. The minimum Gasteiger partial charge on any atom is -0.342 e. The van der Waals surface area contributed by atoms with E-state index in [1.54, 1.807) is 24.1 Å². The molecule has 0 fully saturated rings. The molecule has 0 bridgehead atoms. The van der Waals surface area contributed by atoms with Gasteiger partial charge in [0.05, 0.1) is 0 Å². The van der Waals surface area contributed by atoms with Crippen LogP contribution in [-0.4, -0.2) is 30.4 Å². The van der Waals surface area contributed by atoms with Crippen molar-refractivity contribution in [3.8, 4) is 0 Å². The number of amides is 1. The summed E-state index contributed by atoms with van der Waals surface area (Å²) in [5.41, 5.74) is 7.58. The molecule has 2 N–H and O–H groups in total. The molecule has 1 aromatic carbocycles. The minimum atomic E-state index is 0.00993. The average Bonchev–Trinajstić information content (AvgIpc) is 2.37. The number of nitrogens with zero attached hydrogens (tertiary/aromatic N) is 1. The summed E-state index contributed by atoms with van der Waals surface area (Å²) < 4.78 is 0. The van der Waals surface area contributed by atoms with Crippen molar-refractivity contribution in [3.05, 3.63) is 34.3 Å². The predicted molar refractivity (Wildman–Crippen MR) is 80.6 cm³/mol. The molecule has 0 aliphatic carbocycles. The molecule has 3 nitrogen and oxygen atoms in total. The number of halogens is 1. The average molecular weight is 283 g/mol. The molecule has 1 atom stereocenters. The van der Waals surface area contributed by atoms with Crippen LogP contribution in [-0.2, 0) is 0 Å². The first-order valence-electron chi connectivity index (χ1n) is 6.60. The molecule has 0 aliphatic heterocycles. The van der Waals surface area contributed by atoms with Crippen molar-refractivity contribution in [1.82, 2.24) is 4.90 Å². The molecular formula is C15H23ClN2O. The third kappa shape index (κ3) is 4.51. The molecule has 1 amide bonds. The molecule has 0 aromatic heterocycles. The SMILES string of the molecule is Cc1cc(C(=O)N(C)CCC(N)C(C)C)ccc1Cl. The van der Waals surface area contributed by atoms with Crippen molar-refractivity contribution in [2.75, 3.05) is 13.6 Å². The maximum Gasteiger partial charge on any atom is 0.253 e. The summed E-state index contributed by atoms with van der Waals surface area (Å²) in [6.07, 6.45) is 0.812. The van der Waals surface area contributed by atoms with E-state index in [0.29, 0.717) is 23.0 Å². The van der Waals surface area contributed by atoms with E-state index >= 15 is 0 Å². The van der Waals surface area contributed by atoms with E-state index in [1.165, 1.54) is 0 Å². The maximum absolute atomic E-state index is 12.2. The first kappa shape index (κ1) is 16.0. The van der Waals surface area contributed by atoms with E-state index in [-0.39, 0.29) is 11.9 Å². The fraction of sp³-hybridized carbons (Fsp3) is 0.533. The van der Waals surface area contributed by atoms with Gasteiger partial charge in [-0.1, -0.05) is 25.4 Å². The van der Waals surface area contributed by atoms with Crippen LogP contribution in [0.2, 0.25) is 5.02 Å². The third-order valence-electron chi connectivity index (χ3n) is 3.41. The predicted octanol–water partition coefficient (Wildman–Crippen LogP) is 3.09. The summed E-state index contributed by atoms with van der Waals surface area (Å²) in [4.78, 5) is 13.9. The molecule has 4 heteroatoms. The Labute approximate surface area is 120 Å². The standard InChI is InChI=1S/C15H23ClN2O/c1-10(2)14(17)7-8-18(4)15(19)12-5-6-13(16)11(3)9-12/h5-6,9-10,14H,7-8,17H2,1-4H3. The van der Waals surface area contributed by atoms with Crippen LogP contribution in [0.1, 0.15) is 36.2 Å². The van der Waals surface area contributed by atoms with Crippen LogP contribution in [0.15, 0.2) is 18.2 Å². The van der Waals surface area contributed by atoms with Gasteiger partial charge in [0.25, 0.3) is 5.91 Å². The third-order valence-corrected chi connectivity index (χ3v) is 3.83. The number of aryl methyl sites for hydroxylation is 1. The molecular weight excluding hydrogens is 260 g/mol. The summed E-state index contributed by atoms with van der Waals surface area (Å²) in [7, 11) is 1.80. The van der Waals surface area contributed by atoms with Gasteiger partial charge in [0, 0.05) is 30.2 Å². The molecule has 1 rings (SSSR count). The van der Waals surface area contributed by atoms with E-state index in [2.05, 4.69) is 13.8 Å². The van der Waals surface area contributed by atoms with Gasteiger partial charge in [0.15, 0.2) is 0 Å². The molecule has 0 saturated heterocycles. The van der Waals surface area contributed by atoms with Gasteiger partial charge >= 0.3 is 0 Å². The Morgan fingerprint density at radius 3 is 2.58 bits per heavy atom. The van der Waals surface area contributed by atoms with Crippen LogP contribution in [0.3, 0.4) is 0 Å². The van der Waals surface area contributed by atoms with Crippen molar-refractivity contribution in [1.29, 1.82) is 0 Å². The van der Waals surface area contributed by atoms with Gasteiger partial charge < -0.3 is 10.6 Å². The summed E-state index contributed by atoms with van der Waals surface area (Å²) in [5, 5.41) is 0.682. The number of carbonyl (C=O) groups excluding carboxylic acids is 1. The summed E-state index contributed by atoms with van der Waals surface area (Å²) in [5.74, 6) is 0.442. The second kappa shape index (κ2) is 6.92. The molecule has 0 radical (unpaired) electrons. The van der Waals surface area contributed by atoms with Gasteiger partial charge in [0.1, 0.15) is 0 Å². The lowest BCUT2D eigenvalue weighted by atomic mass is 10.0. The van der Waals surface area contributed by atoms with Crippen molar-refractivity contribution in [3.63, 3.8) is 0 Å². The van der Waals surface area contributed by atoms with Gasteiger partial charge in [-0.25, -0.2) is 0 Å². The highest BCUT2D eigenvalue weighted by atomic mass is 35.5. The van der Waals surface area contributed by atoms with Gasteiger partial charge in [-0.15, -0.1) is 0 Å². The topological polar surface area (TPSA) is 46.3 Å². The molecule has 0 saturated carbocycles. The molecule has 0 heterocycles. The van der Waals surface area contributed by atoms with E-state index in [1.807, 2.05) is 13.0 Å². The molecule has 1 unspecified atom stereocenters. The summed E-state index contributed by atoms with van der Waals surface area (Å²) >= 11 is 5.96. The van der Waals surface area contributed by atoms with Gasteiger partial charge in [-0.05, 0) is 43.0 Å². The molecule has 1 aromatic rings. The Morgan fingerprint density at radius 1 is 1.42 bits per heavy atom. The van der Waals surface area contributed by atoms with Crippen LogP contribution in [0.25, 0.3) is 0 Å². The number of nitrogens with two attached hydrogens (primary N) is 1. The van der Waals surface area contributed by atoms with Crippen LogP contribution < -0.4 is 5.73 Å². The van der Waals surface area contributed by atoms with Crippen LogP contribution >= 0.6 is 11.6 Å². The number of hydrogen-bond donors (Lipinski definition) is 1. The quantitative estimate of drug-likeness (QED) is 0.902. The molecule has 106 valence electrons. The second-order valence-corrected chi connectivity index (χ2v) is 5.79. The normalized spacial score (nSPS) is 12.6. The Hall–Kier alpha value is -1.06. The van der Waals surface area contributed by atoms with Crippen LogP contribution in [0.5, 0.6) is 0 Å². The molecule has 19 heavy (non-hydrogen) atoms. The Kier molecular flexibility index (Phi) is 5.83. The second-order valence-electron chi connectivity index (χ2n) is 5.39. The van der Waals surface area contributed by atoms with Crippen LogP contribution in [0, 0.1) is 12.8 Å². The van der Waals surface area contributed by atoms with Gasteiger partial charge in [-0.2, -0.15) is 0 Å². The highest BCUT2D eigenvalue weighted by Gasteiger charge is 2.14. The Balaban J connectivity index is 2.64. The number of rotatable bonds is 5. The van der Waals surface area contributed by atoms with Crippen molar-refractivity contribution < 1.29 is 4.79 Å². The largest absolute Gasteiger partial charge is 0.342 e. The highest BCUT2D eigenvalue weighted by Crippen LogP contribution is 2.17. The summed E-state index contributed by atoms with van der Waals surface area (Å²) in [6.45, 7) is 6.75. The van der Waals surface area contributed by atoms with Gasteiger partial charge in [-0.3, -0.25) is 4.79 Å². The monoisotopic (exact) mass is 282 g/mol. The van der Waals surface area contributed by atoms with Gasteiger partial charge in [0.2, 0.25) is 0 Å². The number of hydrogen-bond acceptors (Lipinski definition) is 2. The zero-order chi connectivity index (χ0) is 14.6. The highest BCUT2D eigenvalue weighted by molar-refractivity contribution is 6.31. The van der Waals surface area contributed by atoms with E-state index in [0.717, 1.165) is 12.0 Å². The summed E-state index contributed by atoms with van der Waals surface area (Å²) in [6, 6.07) is 5.47. The number of benzene rings is 1. The Morgan fingerprint density at radius 2 is 2.05 bits per heavy atom. The lowest BCUT2D eigenvalue weighted by molar-refractivity contribution is 0.0789. The molecule has 0 aliphatic rings. The zero-order valence-electron chi connectivity index (χ0n) is 12.1. The number of carbonyl (C=O) groups is 1. The van der Waals surface area contributed by atoms with Crippen molar-refractivity contribution >= 4 is 17.5 Å². The van der Waals surface area contributed by atoms with E-state index in [9.17, 15) is 4.79 Å². The molecule has 0 spiro atoms. The smallest absolute Gasteiger partial charge is 0.253 e. The minimum absolute atomic E-state index is 0.00993. The van der Waals surface area contributed by atoms with Crippen molar-refractivity contribution in [2.45, 2.75) is 33.2 Å². The maximum atomic E-state index is 12.2. The van der Waals surface area contributed by atoms with E-state index in [4.69, 9.17) is 17.3 Å². The zero-order valence-corrected chi connectivity index (χ0v) is 12.9. The fourth-order valence-electron chi connectivity index (χ4n) is 1.78. The first-order chi connectivity index (χ1) is 8.82. The van der Waals surface area contributed by atoms with E-state index < -0.39 is 0 Å². The van der Waals surface area contributed by atoms with Crippen molar-refractivity contribution in [2.24, 2.45) is 11.7 Å². The lowest BCUT2D eigenvalue weighted by Crippen LogP contribution is -2.34. The Bertz CT molecular complexity index is 446. The van der Waals surface area contributed by atoms with Crippen LogP contribution in [0.4, 0.5) is 0 Å². The fourth-order valence-corrected chi connectivity index (χ4v) is 1.89. The lowest BCUT2D eigenvalue weighted by Gasteiger charge is -2.21.